The molecular formula is C24H25NO5S. The highest BCUT2D eigenvalue weighted by Crippen LogP contribution is 2.27. The van der Waals surface area contributed by atoms with Gasteiger partial charge in [0.15, 0.2) is 6.61 Å². The molecule has 6 nitrogen and oxygen atoms in total. The van der Waals surface area contributed by atoms with Crippen LogP contribution in [0.25, 0.3) is 0 Å². The second kappa shape index (κ2) is 9.66. The maximum absolute atomic E-state index is 13.3. The Labute approximate surface area is 183 Å². The summed E-state index contributed by atoms with van der Waals surface area (Å²) in [5.41, 5.74) is 2.15. The first-order valence-corrected chi connectivity index (χ1v) is 11.3. The van der Waals surface area contributed by atoms with Crippen LogP contribution in [0.1, 0.15) is 18.1 Å². The molecule has 0 aliphatic carbocycles. The van der Waals surface area contributed by atoms with Crippen LogP contribution in [0.5, 0.6) is 11.5 Å². The Morgan fingerprint density at radius 3 is 2.19 bits per heavy atom. The average Bonchev–Trinajstić information content (AvgIpc) is 2.75. The van der Waals surface area contributed by atoms with Crippen molar-refractivity contribution in [1.82, 2.24) is 0 Å². The van der Waals surface area contributed by atoms with Crippen molar-refractivity contribution in [2.45, 2.75) is 25.7 Å². The predicted molar refractivity (Wildman–Crippen MR) is 120 cm³/mol. The molecule has 162 valence electrons. The zero-order valence-electron chi connectivity index (χ0n) is 17.7. The molecule has 0 saturated carbocycles. The molecule has 0 atom stereocenters. The zero-order chi connectivity index (χ0) is 22.4. The summed E-state index contributed by atoms with van der Waals surface area (Å²) in [4.78, 5) is 13.1. The van der Waals surface area contributed by atoms with Crippen molar-refractivity contribution in [3.63, 3.8) is 0 Å². The molecule has 0 aliphatic rings. The SMILES string of the molecule is CCOc1ccc(N(C(=O)COc2ccc(C)cc2C)S(=O)(=O)c2ccccc2)cc1. The summed E-state index contributed by atoms with van der Waals surface area (Å²) in [5, 5.41) is 0. The molecule has 0 aromatic heterocycles. The van der Waals surface area contributed by atoms with E-state index in [1.807, 2.05) is 32.9 Å². The van der Waals surface area contributed by atoms with Gasteiger partial charge in [-0.3, -0.25) is 4.79 Å². The highest BCUT2D eigenvalue weighted by atomic mass is 32.2. The lowest BCUT2D eigenvalue weighted by atomic mass is 10.1. The standard InChI is InChI=1S/C24H25NO5S/c1-4-29-21-13-11-20(12-14-21)25(31(27,28)22-8-6-5-7-9-22)24(26)17-30-23-15-10-18(2)16-19(23)3/h5-16H,4,17H2,1-3H3. The number of anilines is 1. The van der Waals surface area contributed by atoms with Crippen molar-refractivity contribution in [2.24, 2.45) is 0 Å². The van der Waals surface area contributed by atoms with E-state index in [2.05, 4.69) is 0 Å². The summed E-state index contributed by atoms with van der Waals surface area (Å²) in [6.45, 7) is 5.74. The summed E-state index contributed by atoms with van der Waals surface area (Å²) in [7, 11) is -4.14. The third-order valence-electron chi connectivity index (χ3n) is 4.57. The Hall–Kier alpha value is -3.32. The van der Waals surface area contributed by atoms with Gasteiger partial charge >= 0.3 is 0 Å². The van der Waals surface area contributed by atoms with Crippen molar-refractivity contribution in [1.29, 1.82) is 0 Å². The molecule has 1 amide bonds. The number of rotatable bonds is 8. The largest absolute Gasteiger partial charge is 0.494 e. The minimum absolute atomic E-state index is 0.0174. The van der Waals surface area contributed by atoms with E-state index in [0.717, 1.165) is 15.4 Å². The minimum atomic E-state index is -4.14. The number of amides is 1. The van der Waals surface area contributed by atoms with E-state index in [9.17, 15) is 13.2 Å². The van der Waals surface area contributed by atoms with E-state index in [0.29, 0.717) is 18.1 Å². The van der Waals surface area contributed by atoms with Gasteiger partial charge in [-0.05, 0) is 68.8 Å². The lowest BCUT2D eigenvalue weighted by Gasteiger charge is -2.23. The molecule has 7 heteroatoms. The second-order valence-electron chi connectivity index (χ2n) is 6.96. The van der Waals surface area contributed by atoms with E-state index < -0.39 is 22.5 Å². The molecule has 0 unspecified atom stereocenters. The molecule has 0 fully saturated rings. The summed E-state index contributed by atoms with van der Waals surface area (Å²) in [5.74, 6) is 0.415. The van der Waals surface area contributed by atoms with Gasteiger partial charge in [-0.2, -0.15) is 4.31 Å². The number of nitrogens with zero attached hydrogens (tertiary/aromatic N) is 1. The van der Waals surface area contributed by atoms with Gasteiger partial charge in [-0.1, -0.05) is 35.9 Å². The van der Waals surface area contributed by atoms with Gasteiger partial charge in [-0.25, -0.2) is 8.42 Å². The number of benzene rings is 3. The number of carbonyl (C=O) groups excluding carboxylic acids is 1. The van der Waals surface area contributed by atoms with Crippen LogP contribution < -0.4 is 13.8 Å². The van der Waals surface area contributed by atoms with E-state index in [1.54, 1.807) is 48.5 Å². The summed E-state index contributed by atoms with van der Waals surface area (Å²) < 4.78 is 38.5. The maximum Gasteiger partial charge on any atom is 0.278 e. The van der Waals surface area contributed by atoms with Crippen LogP contribution in [0.4, 0.5) is 5.69 Å². The van der Waals surface area contributed by atoms with Crippen molar-refractivity contribution in [3.8, 4) is 11.5 Å². The quantitative estimate of drug-likeness (QED) is 0.517. The Morgan fingerprint density at radius 2 is 1.58 bits per heavy atom. The fourth-order valence-electron chi connectivity index (χ4n) is 3.12. The van der Waals surface area contributed by atoms with E-state index >= 15 is 0 Å². The Bertz CT molecular complexity index is 1140. The average molecular weight is 440 g/mol. The molecular weight excluding hydrogens is 414 g/mol. The fraction of sp³-hybridized carbons (Fsp3) is 0.208. The van der Waals surface area contributed by atoms with Crippen LogP contribution in [0.3, 0.4) is 0 Å². The number of aryl methyl sites for hydroxylation is 2. The Balaban J connectivity index is 1.94. The Kier molecular flexibility index (Phi) is 6.97. The van der Waals surface area contributed by atoms with Gasteiger partial charge in [-0.15, -0.1) is 0 Å². The normalized spacial score (nSPS) is 11.1. The lowest BCUT2D eigenvalue weighted by molar-refractivity contribution is -0.119. The third-order valence-corrected chi connectivity index (χ3v) is 6.33. The topological polar surface area (TPSA) is 72.9 Å². The number of sulfonamides is 1. The number of hydrogen-bond acceptors (Lipinski definition) is 5. The van der Waals surface area contributed by atoms with Crippen molar-refractivity contribution < 1.29 is 22.7 Å². The van der Waals surface area contributed by atoms with Crippen LogP contribution in [-0.2, 0) is 14.8 Å². The number of hydrogen-bond donors (Lipinski definition) is 0. The molecule has 0 bridgehead atoms. The van der Waals surface area contributed by atoms with Crippen LogP contribution in [0, 0.1) is 13.8 Å². The summed E-state index contributed by atoms with van der Waals surface area (Å²) in [6, 6.07) is 19.8. The molecule has 0 N–H and O–H groups in total. The van der Waals surface area contributed by atoms with Crippen LogP contribution in [0.2, 0.25) is 0 Å². The summed E-state index contributed by atoms with van der Waals surface area (Å²) in [6.07, 6.45) is 0. The number of ether oxygens (including phenoxy) is 2. The molecule has 0 heterocycles. The van der Waals surface area contributed by atoms with Gasteiger partial charge in [0.1, 0.15) is 11.5 Å². The lowest BCUT2D eigenvalue weighted by Crippen LogP contribution is -2.40. The fourth-order valence-corrected chi connectivity index (χ4v) is 4.55. The van der Waals surface area contributed by atoms with E-state index in [-0.39, 0.29) is 10.6 Å². The molecule has 3 rings (SSSR count). The highest BCUT2D eigenvalue weighted by molar-refractivity contribution is 7.93. The van der Waals surface area contributed by atoms with Gasteiger partial charge in [0.25, 0.3) is 15.9 Å². The van der Waals surface area contributed by atoms with Crippen molar-refractivity contribution >= 4 is 21.6 Å². The molecule has 0 aliphatic heterocycles. The molecule has 0 spiro atoms. The second-order valence-corrected chi connectivity index (χ2v) is 8.75. The van der Waals surface area contributed by atoms with Crippen LogP contribution >= 0.6 is 0 Å². The minimum Gasteiger partial charge on any atom is -0.494 e. The monoisotopic (exact) mass is 439 g/mol. The Morgan fingerprint density at radius 1 is 0.903 bits per heavy atom. The molecule has 3 aromatic rings. The van der Waals surface area contributed by atoms with E-state index in [1.165, 1.54) is 12.1 Å². The van der Waals surface area contributed by atoms with Gasteiger partial charge in [0.05, 0.1) is 17.2 Å². The first-order chi connectivity index (χ1) is 14.8. The van der Waals surface area contributed by atoms with Crippen LogP contribution in [0.15, 0.2) is 77.7 Å². The van der Waals surface area contributed by atoms with Crippen molar-refractivity contribution in [3.05, 3.63) is 83.9 Å². The van der Waals surface area contributed by atoms with Gasteiger partial charge < -0.3 is 9.47 Å². The number of carbonyl (C=O) groups is 1. The summed E-state index contributed by atoms with van der Waals surface area (Å²) >= 11 is 0. The van der Waals surface area contributed by atoms with Gasteiger partial charge in [0, 0.05) is 0 Å². The predicted octanol–water partition coefficient (Wildman–Crippen LogP) is 4.50. The first-order valence-electron chi connectivity index (χ1n) is 9.89. The first kappa shape index (κ1) is 22.4. The highest BCUT2D eigenvalue weighted by Gasteiger charge is 2.31. The zero-order valence-corrected chi connectivity index (χ0v) is 18.6. The molecule has 31 heavy (non-hydrogen) atoms. The van der Waals surface area contributed by atoms with E-state index in [4.69, 9.17) is 9.47 Å². The smallest absolute Gasteiger partial charge is 0.278 e. The van der Waals surface area contributed by atoms with Gasteiger partial charge in [0.2, 0.25) is 0 Å². The third kappa shape index (κ3) is 5.24. The molecule has 0 saturated heterocycles. The maximum atomic E-state index is 13.3. The van der Waals surface area contributed by atoms with Crippen LogP contribution in [-0.4, -0.2) is 27.5 Å². The molecule has 3 aromatic carbocycles. The molecule has 0 radical (unpaired) electrons. The van der Waals surface area contributed by atoms with Crippen molar-refractivity contribution in [2.75, 3.05) is 17.5 Å².